The highest BCUT2D eigenvalue weighted by Crippen LogP contribution is 2.30. The lowest BCUT2D eigenvalue weighted by Gasteiger charge is -2.26. The molecule has 176 valence electrons. The number of ether oxygens (including phenoxy) is 1. The third kappa shape index (κ3) is 5.63. The fraction of sp³-hybridized carbons (Fsp3) is 0.480. The average Bonchev–Trinajstić information content (AvgIpc) is 3.31. The van der Waals surface area contributed by atoms with Crippen LogP contribution in [0.2, 0.25) is 0 Å². The number of carbonyl (C=O) groups is 2. The van der Waals surface area contributed by atoms with Gasteiger partial charge in [-0.3, -0.25) is 14.5 Å². The lowest BCUT2D eigenvalue weighted by molar-refractivity contribution is -0.137. The first kappa shape index (κ1) is 23.0. The molecule has 1 aromatic heterocycles. The highest BCUT2D eigenvalue weighted by atomic mass is 16.5. The number of hydrogen-bond donors (Lipinski definition) is 2. The van der Waals surface area contributed by atoms with Crippen LogP contribution in [0.1, 0.15) is 30.5 Å². The maximum Gasteiger partial charge on any atom is 0.323 e. The topological polar surface area (TPSA) is 95.0 Å². The zero-order valence-corrected chi connectivity index (χ0v) is 19.1. The predicted molar refractivity (Wildman–Crippen MR) is 127 cm³/mol. The Labute approximate surface area is 194 Å². The van der Waals surface area contributed by atoms with Gasteiger partial charge in [-0.15, -0.1) is 0 Å². The van der Waals surface area contributed by atoms with E-state index in [2.05, 4.69) is 22.3 Å². The Kier molecular flexibility index (Phi) is 7.44. The largest absolute Gasteiger partial charge is 0.495 e. The predicted octanol–water partition coefficient (Wildman–Crippen LogP) is 2.82. The molecule has 0 aliphatic carbocycles. The molecule has 2 N–H and O–H groups in total. The lowest BCUT2D eigenvalue weighted by atomic mass is 10.1. The van der Waals surface area contributed by atoms with Gasteiger partial charge in [-0.2, -0.15) is 0 Å². The zero-order chi connectivity index (χ0) is 23.2. The number of fused-ring (bicyclic) bond motifs is 1. The van der Waals surface area contributed by atoms with Crippen LogP contribution in [0.4, 0.5) is 11.5 Å². The molecule has 33 heavy (non-hydrogen) atoms. The van der Waals surface area contributed by atoms with Crippen molar-refractivity contribution < 1.29 is 19.4 Å². The van der Waals surface area contributed by atoms with Crippen LogP contribution in [0.15, 0.2) is 36.4 Å². The molecule has 0 bridgehead atoms. The van der Waals surface area contributed by atoms with Gasteiger partial charge in [0.2, 0.25) is 5.91 Å². The molecule has 1 atom stereocenters. The Morgan fingerprint density at radius 2 is 2.12 bits per heavy atom. The molecule has 8 heteroatoms. The van der Waals surface area contributed by atoms with Crippen molar-refractivity contribution in [1.82, 2.24) is 9.88 Å². The van der Waals surface area contributed by atoms with Crippen LogP contribution in [0, 0.1) is 5.92 Å². The number of amides is 1. The molecule has 0 spiro atoms. The Morgan fingerprint density at radius 3 is 2.94 bits per heavy atom. The maximum absolute atomic E-state index is 13.3. The smallest absolute Gasteiger partial charge is 0.323 e. The van der Waals surface area contributed by atoms with Gasteiger partial charge in [0.05, 0.1) is 18.7 Å². The SMILES string of the molecule is COc1ccccc1N(CC(=O)O)C(=O)[C@H]1CCN(CCCc2ccc3c(n2)NCCC3)C1. The van der Waals surface area contributed by atoms with Crippen LogP contribution < -0.4 is 15.0 Å². The number of para-hydroxylation sites is 2. The van der Waals surface area contributed by atoms with Crippen molar-refractivity contribution in [3.05, 3.63) is 47.7 Å². The molecule has 0 radical (unpaired) electrons. The number of carboxylic acids is 1. The molecule has 1 aromatic carbocycles. The molecule has 3 heterocycles. The number of aryl methyl sites for hydroxylation is 2. The van der Waals surface area contributed by atoms with Crippen LogP contribution in [-0.4, -0.2) is 66.7 Å². The third-order valence-corrected chi connectivity index (χ3v) is 6.42. The highest BCUT2D eigenvalue weighted by Gasteiger charge is 2.33. The van der Waals surface area contributed by atoms with E-state index in [1.54, 1.807) is 24.3 Å². The average molecular weight is 453 g/mol. The van der Waals surface area contributed by atoms with Gasteiger partial charge in [0.25, 0.3) is 0 Å². The summed E-state index contributed by atoms with van der Waals surface area (Å²) in [5, 5.41) is 12.8. The fourth-order valence-electron chi connectivity index (χ4n) is 4.72. The van der Waals surface area contributed by atoms with E-state index >= 15 is 0 Å². The number of aromatic nitrogens is 1. The minimum atomic E-state index is -1.05. The van der Waals surface area contributed by atoms with Gasteiger partial charge in [0.1, 0.15) is 18.1 Å². The normalized spacial score (nSPS) is 17.8. The number of aliphatic carboxylic acids is 1. The number of carboxylic acid groups (broad SMARTS) is 1. The zero-order valence-electron chi connectivity index (χ0n) is 19.1. The molecule has 1 amide bonds. The number of methoxy groups -OCH3 is 1. The van der Waals surface area contributed by atoms with Crippen molar-refractivity contribution in [3.63, 3.8) is 0 Å². The lowest BCUT2D eigenvalue weighted by Crippen LogP contribution is -2.41. The van der Waals surface area contributed by atoms with Crippen LogP contribution >= 0.6 is 0 Å². The summed E-state index contributed by atoms with van der Waals surface area (Å²) in [6.07, 6.45) is 4.84. The summed E-state index contributed by atoms with van der Waals surface area (Å²) in [7, 11) is 1.52. The second-order valence-corrected chi connectivity index (χ2v) is 8.72. The van der Waals surface area contributed by atoms with Crippen molar-refractivity contribution in [2.75, 3.05) is 50.1 Å². The first-order valence-corrected chi connectivity index (χ1v) is 11.7. The molecular weight excluding hydrogens is 420 g/mol. The molecule has 1 fully saturated rings. The highest BCUT2D eigenvalue weighted by molar-refractivity contribution is 6.00. The summed E-state index contributed by atoms with van der Waals surface area (Å²) in [4.78, 5) is 33.2. The Bertz CT molecular complexity index is 996. The number of likely N-dealkylation sites (tertiary alicyclic amines) is 1. The monoisotopic (exact) mass is 452 g/mol. The van der Waals surface area contributed by atoms with Gasteiger partial charge < -0.3 is 20.1 Å². The number of pyridine rings is 1. The van der Waals surface area contributed by atoms with E-state index in [0.717, 1.165) is 63.3 Å². The van der Waals surface area contributed by atoms with Gasteiger partial charge in [0, 0.05) is 18.8 Å². The molecule has 2 aromatic rings. The van der Waals surface area contributed by atoms with Crippen molar-refractivity contribution >= 4 is 23.4 Å². The van der Waals surface area contributed by atoms with Crippen molar-refractivity contribution in [3.8, 4) is 5.75 Å². The molecule has 2 aliphatic heterocycles. The Balaban J connectivity index is 1.33. The fourth-order valence-corrected chi connectivity index (χ4v) is 4.72. The molecule has 1 saturated heterocycles. The van der Waals surface area contributed by atoms with E-state index in [4.69, 9.17) is 9.72 Å². The molecular formula is C25H32N4O4. The summed E-state index contributed by atoms with van der Waals surface area (Å²) in [6.45, 7) is 2.98. The summed E-state index contributed by atoms with van der Waals surface area (Å²) < 4.78 is 5.36. The summed E-state index contributed by atoms with van der Waals surface area (Å²) in [6, 6.07) is 11.4. The summed E-state index contributed by atoms with van der Waals surface area (Å²) in [5.74, 6) is 0.0951. The molecule has 2 aliphatic rings. The van der Waals surface area contributed by atoms with E-state index in [0.29, 0.717) is 18.0 Å². The molecule has 8 nitrogen and oxygen atoms in total. The van der Waals surface area contributed by atoms with E-state index in [-0.39, 0.29) is 18.4 Å². The van der Waals surface area contributed by atoms with Crippen LogP contribution in [0.25, 0.3) is 0 Å². The van der Waals surface area contributed by atoms with E-state index < -0.39 is 5.97 Å². The van der Waals surface area contributed by atoms with Gasteiger partial charge in [0.15, 0.2) is 0 Å². The van der Waals surface area contributed by atoms with Gasteiger partial charge in [-0.25, -0.2) is 4.98 Å². The van der Waals surface area contributed by atoms with Gasteiger partial charge in [-0.05, 0) is 69.0 Å². The van der Waals surface area contributed by atoms with Crippen molar-refractivity contribution in [1.29, 1.82) is 0 Å². The number of hydrogen-bond acceptors (Lipinski definition) is 6. The Hall–Kier alpha value is -3.13. The number of nitrogens with one attached hydrogen (secondary N) is 1. The van der Waals surface area contributed by atoms with Crippen LogP contribution in [-0.2, 0) is 22.4 Å². The van der Waals surface area contributed by atoms with Crippen LogP contribution in [0.3, 0.4) is 0 Å². The number of rotatable bonds is 9. The first-order chi connectivity index (χ1) is 16.0. The molecule has 0 saturated carbocycles. The third-order valence-electron chi connectivity index (χ3n) is 6.42. The summed E-state index contributed by atoms with van der Waals surface area (Å²) >= 11 is 0. The van der Waals surface area contributed by atoms with Gasteiger partial charge >= 0.3 is 5.97 Å². The minimum absolute atomic E-state index is 0.160. The van der Waals surface area contributed by atoms with Crippen molar-refractivity contribution in [2.45, 2.75) is 32.1 Å². The molecule has 0 unspecified atom stereocenters. The maximum atomic E-state index is 13.3. The number of nitrogens with zero attached hydrogens (tertiary/aromatic N) is 3. The number of carbonyl (C=O) groups excluding carboxylic acids is 1. The second-order valence-electron chi connectivity index (χ2n) is 8.72. The quantitative estimate of drug-likeness (QED) is 0.604. The number of anilines is 2. The van der Waals surface area contributed by atoms with Gasteiger partial charge in [-0.1, -0.05) is 18.2 Å². The first-order valence-electron chi connectivity index (χ1n) is 11.7. The summed E-state index contributed by atoms with van der Waals surface area (Å²) in [5.41, 5.74) is 2.89. The van der Waals surface area contributed by atoms with E-state index in [9.17, 15) is 14.7 Å². The second kappa shape index (κ2) is 10.7. The standard InChI is InChI=1S/C25H32N4O4/c1-33-22-9-3-2-8-21(22)29(17-23(30)31)25(32)19-12-15-28(16-19)14-5-7-20-11-10-18-6-4-13-26-24(18)27-20/h2-3,8-11,19H,4-7,12-17H2,1H3,(H,26,27)(H,30,31)/t19-/m0/s1. The van der Waals surface area contributed by atoms with E-state index in [1.807, 2.05) is 0 Å². The van der Waals surface area contributed by atoms with E-state index in [1.165, 1.54) is 17.6 Å². The van der Waals surface area contributed by atoms with Crippen molar-refractivity contribution in [2.24, 2.45) is 5.92 Å². The minimum Gasteiger partial charge on any atom is -0.495 e. The molecule has 4 rings (SSSR count). The number of benzene rings is 1. The van der Waals surface area contributed by atoms with Crippen LogP contribution in [0.5, 0.6) is 5.75 Å². The Morgan fingerprint density at radius 1 is 1.27 bits per heavy atom.